The van der Waals surface area contributed by atoms with Gasteiger partial charge in [-0.1, -0.05) is 61.4 Å². The van der Waals surface area contributed by atoms with Gasteiger partial charge in [0, 0.05) is 12.1 Å². The zero-order valence-electron chi connectivity index (χ0n) is 17.9. The molecule has 3 aromatic rings. The van der Waals surface area contributed by atoms with Crippen LogP contribution in [0.4, 0.5) is 5.69 Å². The maximum atomic E-state index is 12.7. The summed E-state index contributed by atoms with van der Waals surface area (Å²) >= 11 is 0. The van der Waals surface area contributed by atoms with Crippen molar-refractivity contribution >= 4 is 28.3 Å². The van der Waals surface area contributed by atoms with Gasteiger partial charge in [0.15, 0.2) is 0 Å². The van der Waals surface area contributed by atoms with Crippen LogP contribution in [0.3, 0.4) is 0 Å². The van der Waals surface area contributed by atoms with Gasteiger partial charge in [-0.2, -0.15) is 0 Å². The van der Waals surface area contributed by atoms with Crippen molar-refractivity contribution in [2.45, 2.75) is 44.7 Å². The van der Waals surface area contributed by atoms with Crippen molar-refractivity contribution in [3.8, 4) is 0 Å². The number of nitrogens with one attached hydrogen (secondary N) is 3. The van der Waals surface area contributed by atoms with Gasteiger partial charge in [0.2, 0.25) is 5.91 Å². The molecule has 0 spiro atoms. The van der Waals surface area contributed by atoms with Crippen LogP contribution in [0.1, 0.15) is 54.6 Å². The van der Waals surface area contributed by atoms with Gasteiger partial charge in [-0.25, -0.2) is 0 Å². The number of carbonyl (C=O) groups is 2. The number of fused-ring (bicyclic) bond motifs is 1. The van der Waals surface area contributed by atoms with Crippen molar-refractivity contribution in [2.24, 2.45) is 0 Å². The average Bonchev–Trinajstić information content (AvgIpc) is 3.30. The summed E-state index contributed by atoms with van der Waals surface area (Å²) in [7, 11) is 0. The first-order valence-corrected chi connectivity index (χ1v) is 11.0. The van der Waals surface area contributed by atoms with E-state index in [9.17, 15) is 9.59 Å². The van der Waals surface area contributed by atoms with Gasteiger partial charge in [0.25, 0.3) is 5.91 Å². The Labute approximate surface area is 183 Å². The van der Waals surface area contributed by atoms with Crippen molar-refractivity contribution in [2.75, 3.05) is 11.9 Å². The number of hydrogen-bond acceptors (Lipinski definition) is 3. The van der Waals surface area contributed by atoms with E-state index in [0.29, 0.717) is 11.3 Å². The third-order valence-electron chi connectivity index (χ3n) is 5.98. The van der Waals surface area contributed by atoms with Gasteiger partial charge in [-0.15, -0.1) is 0 Å². The minimum Gasteiger partial charge on any atom is -0.349 e. The van der Waals surface area contributed by atoms with Crippen molar-refractivity contribution in [3.05, 3.63) is 77.9 Å². The van der Waals surface area contributed by atoms with Gasteiger partial charge in [0.05, 0.1) is 17.8 Å². The molecule has 160 valence electrons. The van der Waals surface area contributed by atoms with Gasteiger partial charge >= 0.3 is 0 Å². The highest BCUT2D eigenvalue weighted by Crippen LogP contribution is 2.21. The van der Waals surface area contributed by atoms with Gasteiger partial charge in [0.1, 0.15) is 0 Å². The summed E-state index contributed by atoms with van der Waals surface area (Å²) < 4.78 is 0. The summed E-state index contributed by atoms with van der Waals surface area (Å²) in [5.74, 6) is -0.297. The molecule has 1 unspecified atom stereocenters. The highest BCUT2D eigenvalue weighted by atomic mass is 16.2. The lowest BCUT2D eigenvalue weighted by atomic mass is 10.0. The largest absolute Gasteiger partial charge is 0.349 e. The second-order valence-electron chi connectivity index (χ2n) is 8.26. The molecular formula is C26H29N3O2. The zero-order chi connectivity index (χ0) is 21.6. The fourth-order valence-electron chi connectivity index (χ4n) is 4.16. The molecule has 0 bridgehead atoms. The lowest BCUT2D eigenvalue weighted by molar-refractivity contribution is -0.115. The van der Waals surface area contributed by atoms with Crippen LogP contribution in [-0.4, -0.2) is 24.4 Å². The SMILES string of the molecule is CC(NCC(=O)Nc1ccccc1C(=O)NC1CCCC1)c1ccc2ccccc2c1. The van der Waals surface area contributed by atoms with E-state index in [1.807, 2.05) is 31.2 Å². The predicted octanol–water partition coefficient (Wildman–Crippen LogP) is 4.80. The van der Waals surface area contributed by atoms with E-state index in [4.69, 9.17) is 0 Å². The number of benzene rings is 3. The van der Waals surface area contributed by atoms with Crippen LogP contribution >= 0.6 is 0 Å². The minimum atomic E-state index is -0.172. The highest BCUT2D eigenvalue weighted by Gasteiger charge is 2.20. The molecule has 0 aliphatic heterocycles. The normalized spacial score (nSPS) is 15.0. The second kappa shape index (κ2) is 9.75. The molecule has 1 atom stereocenters. The number of amides is 2. The highest BCUT2D eigenvalue weighted by molar-refractivity contribution is 6.04. The molecule has 0 saturated heterocycles. The summed E-state index contributed by atoms with van der Waals surface area (Å²) in [5, 5.41) is 11.6. The van der Waals surface area contributed by atoms with E-state index in [-0.39, 0.29) is 30.4 Å². The van der Waals surface area contributed by atoms with Crippen LogP contribution in [0.25, 0.3) is 10.8 Å². The Morgan fingerprint density at radius 2 is 1.65 bits per heavy atom. The molecule has 0 radical (unpaired) electrons. The van der Waals surface area contributed by atoms with Crippen molar-refractivity contribution in [1.29, 1.82) is 0 Å². The summed E-state index contributed by atoms with van der Waals surface area (Å²) in [4.78, 5) is 25.3. The quantitative estimate of drug-likeness (QED) is 0.519. The smallest absolute Gasteiger partial charge is 0.253 e. The van der Waals surface area contributed by atoms with Crippen LogP contribution in [0, 0.1) is 0 Å². The summed E-state index contributed by atoms with van der Waals surface area (Å²) in [6, 6.07) is 22.0. The Morgan fingerprint density at radius 3 is 2.45 bits per heavy atom. The number of hydrogen-bond donors (Lipinski definition) is 3. The van der Waals surface area contributed by atoms with Gasteiger partial charge < -0.3 is 16.0 Å². The fourth-order valence-corrected chi connectivity index (χ4v) is 4.16. The zero-order valence-corrected chi connectivity index (χ0v) is 17.9. The Hall–Kier alpha value is -3.18. The van der Waals surface area contributed by atoms with Crippen LogP contribution in [-0.2, 0) is 4.79 Å². The molecule has 0 aromatic heterocycles. The summed E-state index contributed by atoms with van der Waals surface area (Å²) in [6.45, 7) is 2.20. The molecule has 31 heavy (non-hydrogen) atoms. The third-order valence-corrected chi connectivity index (χ3v) is 5.98. The van der Waals surface area contributed by atoms with E-state index in [0.717, 1.165) is 31.2 Å². The predicted molar refractivity (Wildman–Crippen MR) is 125 cm³/mol. The Kier molecular flexibility index (Phi) is 6.63. The standard InChI is InChI=1S/C26H29N3O2/c1-18(20-15-14-19-8-2-3-9-21(19)16-20)27-17-25(30)29-24-13-7-6-12-23(24)26(31)28-22-10-4-5-11-22/h2-3,6-9,12-16,18,22,27H,4-5,10-11,17H2,1H3,(H,28,31)(H,29,30). The molecule has 2 amide bonds. The number of anilines is 1. The molecule has 0 heterocycles. The minimum absolute atomic E-state index is 0.0243. The van der Waals surface area contributed by atoms with E-state index in [2.05, 4.69) is 46.3 Å². The van der Waals surface area contributed by atoms with Crippen LogP contribution in [0.2, 0.25) is 0 Å². The Bertz CT molecular complexity index is 1070. The van der Waals surface area contributed by atoms with Crippen molar-refractivity contribution < 1.29 is 9.59 Å². The van der Waals surface area contributed by atoms with E-state index in [1.165, 1.54) is 10.8 Å². The van der Waals surface area contributed by atoms with Gasteiger partial charge in [-0.05, 0) is 54.3 Å². The topological polar surface area (TPSA) is 70.2 Å². The molecule has 5 heteroatoms. The van der Waals surface area contributed by atoms with E-state index < -0.39 is 0 Å². The lowest BCUT2D eigenvalue weighted by Crippen LogP contribution is -2.34. The molecule has 1 saturated carbocycles. The van der Waals surface area contributed by atoms with E-state index >= 15 is 0 Å². The maximum absolute atomic E-state index is 12.7. The maximum Gasteiger partial charge on any atom is 0.253 e. The van der Waals surface area contributed by atoms with Crippen molar-refractivity contribution in [3.63, 3.8) is 0 Å². The first-order valence-electron chi connectivity index (χ1n) is 11.0. The number of para-hydroxylation sites is 1. The first-order chi connectivity index (χ1) is 15.1. The molecule has 4 rings (SSSR count). The molecule has 5 nitrogen and oxygen atoms in total. The monoisotopic (exact) mass is 415 g/mol. The Balaban J connectivity index is 1.35. The average molecular weight is 416 g/mol. The molecule has 1 aliphatic carbocycles. The number of rotatable bonds is 7. The molecular weight excluding hydrogens is 386 g/mol. The molecule has 3 N–H and O–H groups in total. The lowest BCUT2D eigenvalue weighted by Gasteiger charge is -2.17. The van der Waals surface area contributed by atoms with Gasteiger partial charge in [-0.3, -0.25) is 9.59 Å². The first kappa shape index (κ1) is 21.1. The van der Waals surface area contributed by atoms with Crippen LogP contribution in [0.5, 0.6) is 0 Å². The van der Waals surface area contributed by atoms with Crippen molar-refractivity contribution in [1.82, 2.24) is 10.6 Å². The number of carbonyl (C=O) groups excluding carboxylic acids is 2. The third kappa shape index (κ3) is 5.30. The molecule has 1 fully saturated rings. The second-order valence-corrected chi connectivity index (χ2v) is 8.26. The molecule has 3 aromatic carbocycles. The fraction of sp³-hybridized carbons (Fsp3) is 0.308. The Morgan fingerprint density at radius 1 is 0.935 bits per heavy atom. The molecule has 1 aliphatic rings. The summed E-state index contributed by atoms with van der Waals surface area (Å²) in [6.07, 6.45) is 4.36. The summed E-state index contributed by atoms with van der Waals surface area (Å²) in [5.41, 5.74) is 2.18. The van der Waals surface area contributed by atoms with E-state index in [1.54, 1.807) is 12.1 Å². The van der Waals surface area contributed by atoms with Crippen LogP contribution < -0.4 is 16.0 Å². The van der Waals surface area contributed by atoms with Crippen LogP contribution in [0.15, 0.2) is 66.7 Å².